The average molecular weight is 407 g/mol. The van der Waals surface area contributed by atoms with E-state index in [1.54, 1.807) is 46.0 Å². The predicted molar refractivity (Wildman–Crippen MR) is 107 cm³/mol. The van der Waals surface area contributed by atoms with Crippen molar-refractivity contribution in [3.8, 4) is 0 Å². The van der Waals surface area contributed by atoms with Crippen LogP contribution in [0, 0.1) is 0 Å². The summed E-state index contributed by atoms with van der Waals surface area (Å²) in [4.78, 5) is 30.5. The van der Waals surface area contributed by atoms with E-state index in [2.05, 4.69) is 20.6 Å². The third-order valence-corrected chi connectivity index (χ3v) is 4.92. The zero-order chi connectivity index (χ0) is 21.4. The summed E-state index contributed by atoms with van der Waals surface area (Å²) in [6.45, 7) is 7.14. The van der Waals surface area contributed by atoms with Gasteiger partial charge in [0.1, 0.15) is 17.4 Å². The lowest BCUT2D eigenvalue weighted by Crippen LogP contribution is -2.34. The molecule has 1 aliphatic heterocycles. The molecule has 1 atom stereocenters. The molecule has 0 aliphatic carbocycles. The van der Waals surface area contributed by atoms with Crippen LogP contribution < -0.4 is 5.32 Å². The van der Waals surface area contributed by atoms with Crippen molar-refractivity contribution in [2.24, 2.45) is 0 Å². The van der Waals surface area contributed by atoms with Gasteiger partial charge in [-0.3, -0.25) is 9.36 Å². The van der Waals surface area contributed by atoms with Crippen LogP contribution in [0.3, 0.4) is 0 Å². The van der Waals surface area contributed by atoms with E-state index in [4.69, 9.17) is 9.37 Å². The first kappa shape index (κ1) is 19.6. The number of hydrogen-bond donors (Lipinski definition) is 1. The zero-order valence-electron chi connectivity index (χ0n) is 17.0. The van der Waals surface area contributed by atoms with E-state index in [0.717, 1.165) is 0 Å². The Balaban J connectivity index is 1.95. The fraction of sp³-hybridized carbons (Fsp3) is 0.286. The van der Waals surface area contributed by atoms with E-state index in [1.165, 1.54) is 17.1 Å². The van der Waals surface area contributed by atoms with Crippen molar-refractivity contribution in [1.29, 1.82) is 0 Å². The summed E-state index contributed by atoms with van der Waals surface area (Å²) in [5.74, 6) is -1.53. The maximum absolute atomic E-state index is 13.4. The smallest absolute Gasteiger partial charge is 0.337 e. The first-order chi connectivity index (χ1) is 14.4. The van der Waals surface area contributed by atoms with Gasteiger partial charge in [0.2, 0.25) is 0 Å². The fourth-order valence-corrected chi connectivity index (χ4v) is 3.71. The van der Waals surface area contributed by atoms with Gasteiger partial charge in [0.05, 0.1) is 17.6 Å². The minimum Gasteiger partial charge on any atom is -0.460 e. The molecule has 2 aromatic heterocycles. The summed E-state index contributed by atoms with van der Waals surface area (Å²) in [5, 5.41) is 11.1. The maximum atomic E-state index is 13.4. The van der Waals surface area contributed by atoms with Gasteiger partial charge in [-0.1, -0.05) is 12.1 Å². The molecule has 1 N–H and O–H groups in total. The largest absolute Gasteiger partial charge is 0.460 e. The number of rotatable bonds is 4. The molecule has 0 bridgehead atoms. The van der Waals surface area contributed by atoms with Crippen LogP contribution >= 0.6 is 0 Å². The Kier molecular flexibility index (Phi) is 4.94. The SMILES string of the molecule is CC1=C(C(=O)OC(C)C)C(c2cccc3nonc23)C(C(=O)n2ccnc2)=C(C)N1. The molecule has 9 heteroatoms. The molecule has 0 saturated carbocycles. The Morgan fingerprint density at radius 3 is 2.63 bits per heavy atom. The summed E-state index contributed by atoms with van der Waals surface area (Å²) >= 11 is 0. The number of fused-ring (bicyclic) bond motifs is 1. The molecule has 3 aromatic rings. The molecule has 1 aromatic carbocycles. The number of dihydropyridines is 1. The van der Waals surface area contributed by atoms with Gasteiger partial charge >= 0.3 is 5.97 Å². The van der Waals surface area contributed by atoms with Gasteiger partial charge in [-0.05, 0) is 49.6 Å². The second-order valence-electron chi connectivity index (χ2n) is 7.34. The minimum atomic E-state index is -0.719. The standard InChI is InChI=1S/C21H21N5O4/c1-11(2)29-21(28)17-13(4)23-12(3)16(20(27)26-9-8-22-10-26)18(17)14-6-5-7-15-19(14)25-30-24-15/h5-11,18,23H,1-4H3. The molecule has 30 heavy (non-hydrogen) atoms. The lowest BCUT2D eigenvalue weighted by Gasteiger charge is -2.31. The highest BCUT2D eigenvalue weighted by Crippen LogP contribution is 2.41. The lowest BCUT2D eigenvalue weighted by atomic mass is 9.79. The monoisotopic (exact) mass is 407 g/mol. The van der Waals surface area contributed by atoms with Gasteiger partial charge in [-0.2, -0.15) is 0 Å². The number of nitrogens with zero attached hydrogens (tertiary/aromatic N) is 4. The molecule has 3 heterocycles. The van der Waals surface area contributed by atoms with Crippen molar-refractivity contribution in [2.75, 3.05) is 0 Å². The number of imidazole rings is 1. The Bertz CT molecular complexity index is 1190. The molecular weight excluding hydrogens is 386 g/mol. The van der Waals surface area contributed by atoms with Crippen molar-refractivity contribution in [1.82, 2.24) is 25.2 Å². The van der Waals surface area contributed by atoms with Gasteiger partial charge in [-0.25, -0.2) is 14.4 Å². The minimum absolute atomic E-state index is 0.307. The molecule has 9 nitrogen and oxygen atoms in total. The molecular formula is C21H21N5O4. The van der Waals surface area contributed by atoms with Crippen LogP contribution in [-0.4, -0.2) is 37.8 Å². The summed E-state index contributed by atoms with van der Waals surface area (Å²) in [7, 11) is 0. The number of carbonyl (C=O) groups is 2. The molecule has 154 valence electrons. The second-order valence-corrected chi connectivity index (χ2v) is 7.34. The van der Waals surface area contributed by atoms with Crippen molar-refractivity contribution in [2.45, 2.75) is 39.7 Å². The van der Waals surface area contributed by atoms with Crippen LogP contribution in [-0.2, 0) is 9.53 Å². The van der Waals surface area contributed by atoms with Crippen molar-refractivity contribution < 1.29 is 19.0 Å². The van der Waals surface area contributed by atoms with Crippen LogP contribution in [0.5, 0.6) is 0 Å². The van der Waals surface area contributed by atoms with Crippen LogP contribution in [0.2, 0.25) is 0 Å². The van der Waals surface area contributed by atoms with E-state index in [0.29, 0.717) is 39.1 Å². The van der Waals surface area contributed by atoms with Crippen molar-refractivity contribution in [3.63, 3.8) is 0 Å². The Morgan fingerprint density at radius 1 is 1.17 bits per heavy atom. The van der Waals surface area contributed by atoms with Crippen molar-refractivity contribution in [3.05, 3.63) is 65.0 Å². The van der Waals surface area contributed by atoms with Gasteiger partial charge < -0.3 is 10.1 Å². The van der Waals surface area contributed by atoms with E-state index in [1.807, 2.05) is 6.07 Å². The van der Waals surface area contributed by atoms with Gasteiger partial charge in [0.25, 0.3) is 5.91 Å². The topological polar surface area (TPSA) is 112 Å². The fourth-order valence-electron chi connectivity index (χ4n) is 3.71. The number of carbonyl (C=O) groups excluding carboxylic acids is 2. The molecule has 1 aliphatic rings. The Hall–Kier alpha value is -3.75. The number of nitrogens with one attached hydrogen (secondary N) is 1. The van der Waals surface area contributed by atoms with Gasteiger partial charge in [0, 0.05) is 29.4 Å². The van der Waals surface area contributed by atoms with Crippen LogP contribution in [0.4, 0.5) is 0 Å². The quantitative estimate of drug-likeness (QED) is 0.657. The third-order valence-electron chi connectivity index (χ3n) is 4.92. The third kappa shape index (κ3) is 3.28. The molecule has 4 rings (SSSR count). The first-order valence-corrected chi connectivity index (χ1v) is 9.51. The zero-order valence-corrected chi connectivity index (χ0v) is 17.0. The normalized spacial score (nSPS) is 16.9. The summed E-state index contributed by atoms with van der Waals surface area (Å²) in [6, 6.07) is 5.36. The molecule has 0 fully saturated rings. The Morgan fingerprint density at radius 2 is 1.93 bits per heavy atom. The molecule has 0 saturated heterocycles. The Labute approximate surface area is 172 Å². The molecule has 1 unspecified atom stereocenters. The van der Waals surface area contributed by atoms with Gasteiger partial charge in [-0.15, -0.1) is 0 Å². The van der Waals surface area contributed by atoms with Crippen LogP contribution in [0.15, 0.2) is 64.1 Å². The molecule has 0 radical (unpaired) electrons. The number of ether oxygens (including phenoxy) is 1. The van der Waals surface area contributed by atoms with Gasteiger partial charge in [0.15, 0.2) is 0 Å². The summed E-state index contributed by atoms with van der Waals surface area (Å²) in [6.07, 6.45) is 4.20. The summed E-state index contributed by atoms with van der Waals surface area (Å²) in [5.41, 5.74) is 3.62. The van der Waals surface area contributed by atoms with Crippen LogP contribution in [0.1, 0.15) is 44.0 Å². The molecule has 0 spiro atoms. The van der Waals surface area contributed by atoms with E-state index >= 15 is 0 Å². The maximum Gasteiger partial charge on any atom is 0.337 e. The number of benzene rings is 1. The number of hydrogen-bond acceptors (Lipinski definition) is 8. The highest BCUT2D eigenvalue weighted by atomic mass is 16.6. The van der Waals surface area contributed by atoms with E-state index in [9.17, 15) is 9.59 Å². The van der Waals surface area contributed by atoms with Crippen molar-refractivity contribution >= 4 is 22.9 Å². The van der Waals surface area contributed by atoms with Crippen LogP contribution in [0.25, 0.3) is 11.0 Å². The number of aromatic nitrogens is 4. The lowest BCUT2D eigenvalue weighted by molar-refractivity contribution is -0.143. The summed E-state index contributed by atoms with van der Waals surface area (Å²) < 4.78 is 11.8. The van der Waals surface area contributed by atoms with E-state index in [-0.39, 0.29) is 12.0 Å². The molecule has 0 amide bonds. The number of esters is 1. The first-order valence-electron chi connectivity index (χ1n) is 9.51. The predicted octanol–water partition coefficient (Wildman–Crippen LogP) is 2.95. The second kappa shape index (κ2) is 7.58. The highest BCUT2D eigenvalue weighted by Gasteiger charge is 2.39. The number of allylic oxidation sites excluding steroid dienone is 3. The highest BCUT2D eigenvalue weighted by molar-refractivity contribution is 6.04. The average Bonchev–Trinajstić information content (AvgIpc) is 3.37. The van der Waals surface area contributed by atoms with E-state index < -0.39 is 11.9 Å².